The second-order valence-electron chi connectivity index (χ2n) is 17.6. The number of anilines is 2. The number of halogens is 2. The molecule has 1 aliphatic carbocycles. The first kappa shape index (κ1) is 43.3. The van der Waals surface area contributed by atoms with Gasteiger partial charge in [0.05, 0.1) is 52.8 Å². The lowest BCUT2D eigenvalue weighted by atomic mass is 9.85. The van der Waals surface area contributed by atoms with Gasteiger partial charge in [-0.25, -0.2) is 23.1 Å². The SMILES string of the molecule is C[C@H]1CN(c2ccn3ncc(C(=O)Nc4cn([C@H]5CC[C@H](CN6CCC(OCC#Cc7cccc8c7n(C)c(=O)n8C7CCC(=O)NC7=O)CC6)CC5)nc4C(F)F)c3n2)C[C@H](C)O1. The van der Waals surface area contributed by atoms with Crippen molar-refractivity contribution < 1.29 is 32.6 Å². The van der Waals surface area contributed by atoms with E-state index in [2.05, 4.69) is 42.5 Å². The Hall–Kier alpha value is -5.97. The third kappa shape index (κ3) is 8.91. The highest BCUT2D eigenvalue weighted by molar-refractivity contribution is 6.08. The number of imidazole rings is 1. The molecule has 64 heavy (non-hydrogen) atoms. The van der Waals surface area contributed by atoms with Crippen LogP contribution in [0.1, 0.15) is 105 Å². The molecule has 3 aliphatic heterocycles. The molecule has 4 fully saturated rings. The lowest BCUT2D eigenvalue weighted by Crippen LogP contribution is -2.45. The predicted octanol–water partition coefficient (Wildman–Crippen LogP) is 4.62. The minimum Gasteiger partial charge on any atom is -0.372 e. The van der Waals surface area contributed by atoms with E-state index in [4.69, 9.17) is 14.5 Å². The van der Waals surface area contributed by atoms with Crippen molar-refractivity contribution in [3.05, 3.63) is 70.2 Å². The molecule has 0 bridgehead atoms. The zero-order valence-corrected chi connectivity index (χ0v) is 36.2. The van der Waals surface area contributed by atoms with E-state index in [0.29, 0.717) is 47.1 Å². The highest BCUT2D eigenvalue weighted by Crippen LogP contribution is 2.36. The van der Waals surface area contributed by atoms with Crippen molar-refractivity contribution in [1.29, 1.82) is 0 Å². The van der Waals surface area contributed by atoms with E-state index in [1.165, 1.54) is 26.0 Å². The number of hydrogen-bond acceptors (Lipinski definition) is 11. The molecule has 338 valence electrons. The van der Waals surface area contributed by atoms with Gasteiger partial charge in [0.1, 0.15) is 24.0 Å². The molecule has 1 saturated carbocycles. The summed E-state index contributed by atoms with van der Waals surface area (Å²) in [6.07, 6.45) is 7.58. The molecule has 1 aromatic carbocycles. The number of imide groups is 1. The van der Waals surface area contributed by atoms with Crippen LogP contribution in [0.4, 0.5) is 20.3 Å². The van der Waals surface area contributed by atoms with E-state index in [1.807, 2.05) is 32.0 Å². The van der Waals surface area contributed by atoms with E-state index >= 15 is 0 Å². The van der Waals surface area contributed by atoms with Crippen LogP contribution >= 0.6 is 0 Å². The number of nitrogens with one attached hydrogen (secondary N) is 2. The minimum atomic E-state index is -2.87. The molecule has 9 rings (SSSR count). The summed E-state index contributed by atoms with van der Waals surface area (Å²) in [5, 5.41) is 13.6. The average Bonchev–Trinajstić information content (AvgIpc) is 3.97. The quantitative estimate of drug-likeness (QED) is 0.148. The van der Waals surface area contributed by atoms with E-state index in [-0.39, 0.29) is 66.7 Å². The number of carbonyl (C=O) groups is 3. The molecule has 5 aromatic rings. The molecule has 0 spiro atoms. The van der Waals surface area contributed by atoms with Crippen LogP contribution in [0.5, 0.6) is 0 Å². The number of para-hydroxylation sites is 1. The number of aryl methyl sites for hydroxylation is 1. The molecule has 3 atom stereocenters. The van der Waals surface area contributed by atoms with Gasteiger partial charge in [-0.15, -0.1) is 0 Å². The number of carbonyl (C=O) groups excluding carboxylic acids is 3. The highest BCUT2D eigenvalue weighted by atomic mass is 19.3. The average molecular weight is 882 g/mol. The Kier molecular flexibility index (Phi) is 12.3. The topological polar surface area (TPSA) is 175 Å². The number of alkyl halides is 2. The summed E-state index contributed by atoms with van der Waals surface area (Å²) in [6, 6.07) is 6.46. The summed E-state index contributed by atoms with van der Waals surface area (Å²) in [7, 11) is 1.66. The van der Waals surface area contributed by atoms with E-state index in [0.717, 1.165) is 58.2 Å². The first-order valence-corrected chi connectivity index (χ1v) is 22.2. The van der Waals surface area contributed by atoms with Gasteiger partial charge in [0.15, 0.2) is 11.3 Å². The normalized spacial score (nSPS) is 23.7. The van der Waals surface area contributed by atoms with Gasteiger partial charge < -0.3 is 24.6 Å². The first-order chi connectivity index (χ1) is 30.9. The van der Waals surface area contributed by atoms with Gasteiger partial charge in [-0.3, -0.25) is 33.5 Å². The maximum atomic E-state index is 14.3. The van der Waals surface area contributed by atoms with Gasteiger partial charge in [-0.05, 0) is 82.9 Å². The predicted molar refractivity (Wildman–Crippen MR) is 232 cm³/mol. The molecule has 7 heterocycles. The summed E-state index contributed by atoms with van der Waals surface area (Å²) in [6.45, 7) is 8.31. The van der Waals surface area contributed by atoms with Gasteiger partial charge >= 0.3 is 5.69 Å². The highest BCUT2D eigenvalue weighted by Gasteiger charge is 2.33. The Labute approximate surface area is 368 Å². The van der Waals surface area contributed by atoms with Gasteiger partial charge in [-0.1, -0.05) is 17.9 Å². The number of likely N-dealkylation sites (tertiary alicyclic amines) is 1. The lowest BCUT2D eigenvalue weighted by molar-refractivity contribution is -0.135. The Morgan fingerprint density at radius 2 is 1.80 bits per heavy atom. The van der Waals surface area contributed by atoms with E-state index < -0.39 is 30.0 Å². The maximum Gasteiger partial charge on any atom is 0.329 e. The van der Waals surface area contributed by atoms with Gasteiger partial charge in [0.25, 0.3) is 12.3 Å². The van der Waals surface area contributed by atoms with Crippen LogP contribution in [0.25, 0.3) is 16.7 Å². The molecule has 3 saturated heterocycles. The van der Waals surface area contributed by atoms with Gasteiger partial charge in [0, 0.05) is 58.6 Å². The van der Waals surface area contributed by atoms with Crippen molar-refractivity contribution in [2.75, 3.05) is 49.5 Å². The van der Waals surface area contributed by atoms with Crippen LogP contribution in [-0.2, 0) is 26.1 Å². The van der Waals surface area contributed by atoms with Crippen LogP contribution < -0.4 is 21.2 Å². The number of amides is 3. The zero-order valence-electron chi connectivity index (χ0n) is 36.2. The molecule has 4 aromatic heterocycles. The van der Waals surface area contributed by atoms with Crippen molar-refractivity contribution in [2.24, 2.45) is 13.0 Å². The Morgan fingerprint density at radius 1 is 1.03 bits per heavy atom. The second-order valence-corrected chi connectivity index (χ2v) is 17.6. The van der Waals surface area contributed by atoms with E-state index in [1.54, 1.807) is 24.0 Å². The fourth-order valence-electron chi connectivity index (χ4n) is 9.88. The molecule has 19 heteroatoms. The fraction of sp³-hybridized carbons (Fsp3) is 0.533. The third-order valence-electron chi connectivity index (χ3n) is 13.0. The van der Waals surface area contributed by atoms with Crippen LogP contribution in [0.3, 0.4) is 0 Å². The molecule has 0 radical (unpaired) electrons. The number of benzene rings is 1. The summed E-state index contributed by atoms with van der Waals surface area (Å²) in [4.78, 5) is 60.4. The second kappa shape index (κ2) is 18.3. The van der Waals surface area contributed by atoms with Gasteiger partial charge in [-0.2, -0.15) is 10.2 Å². The molecule has 2 N–H and O–H groups in total. The van der Waals surface area contributed by atoms with Crippen molar-refractivity contribution in [1.82, 2.24) is 43.7 Å². The largest absolute Gasteiger partial charge is 0.372 e. The summed E-state index contributed by atoms with van der Waals surface area (Å²) >= 11 is 0. The molecular weight excluding hydrogens is 829 g/mol. The summed E-state index contributed by atoms with van der Waals surface area (Å²) in [5.41, 5.74) is 1.57. The van der Waals surface area contributed by atoms with Crippen molar-refractivity contribution in [2.45, 2.75) is 102 Å². The molecule has 3 amide bonds. The Bertz CT molecular complexity index is 2670. The number of aromatic nitrogens is 7. The summed E-state index contributed by atoms with van der Waals surface area (Å²) < 4.78 is 46.7. The number of piperidine rings is 2. The maximum absolute atomic E-state index is 14.3. The summed E-state index contributed by atoms with van der Waals surface area (Å²) in [5.74, 6) is 6.05. The molecule has 1 unspecified atom stereocenters. The monoisotopic (exact) mass is 881 g/mol. The smallest absolute Gasteiger partial charge is 0.329 e. The minimum absolute atomic E-state index is 0.0180. The zero-order chi connectivity index (χ0) is 44.6. The van der Waals surface area contributed by atoms with Crippen molar-refractivity contribution in [3.8, 4) is 11.8 Å². The van der Waals surface area contributed by atoms with Gasteiger partial charge in [0.2, 0.25) is 11.8 Å². The molecule has 17 nitrogen and oxygen atoms in total. The van der Waals surface area contributed by atoms with E-state index in [9.17, 15) is 28.0 Å². The fourth-order valence-corrected chi connectivity index (χ4v) is 9.88. The third-order valence-corrected chi connectivity index (χ3v) is 13.0. The van der Waals surface area contributed by atoms with Crippen LogP contribution in [0.2, 0.25) is 0 Å². The molecule has 4 aliphatic rings. The Balaban J connectivity index is 0.751. The van der Waals surface area contributed by atoms with Crippen LogP contribution in [0.15, 0.2) is 47.7 Å². The number of rotatable bonds is 10. The number of morpholine rings is 1. The lowest BCUT2D eigenvalue weighted by Gasteiger charge is -2.36. The number of nitrogens with zero attached hydrogens (tertiary/aromatic N) is 9. The van der Waals surface area contributed by atoms with Crippen LogP contribution in [0, 0.1) is 17.8 Å². The Morgan fingerprint density at radius 3 is 2.53 bits per heavy atom. The standard InChI is InChI=1S/C45H53F2N11O6/c1-27-23-55(24-28(2)64-27)37-17-20-56-42(50-37)33(22-48-56)43(60)49-34-26-57(52-39(34)41(46)47)31-11-9-29(10-12-31)25-54-18-15-32(16-19-54)63-21-5-7-30-6-4-8-35-40(30)53(3)45(62)58(35)36-13-14-38(59)51-44(36)61/h4,6,8,17,20,22,26-29,31-32,36,41H,9-16,18-19,21,23-25H2,1-3H3,(H,49,60)(H,51,59,61)/t27-,28-,29-,31-,36?/m0/s1. The van der Waals surface area contributed by atoms with Crippen LogP contribution in [-0.4, -0.2) is 114 Å². The van der Waals surface area contributed by atoms with Crippen molar-refractivity contribution in [3.63, 3.8) is 0 Å². The number of ether oxygens (including phenoxy) is 2. The first-order valence-electron chi connectivity index (χ1n) is 22.2. The molecular formula is C45H53F2N11O6. The number of fused-ring (bicyclic) bond motifs is 2. The number of hydrogen-bond donors (Lipinski definition) is 2. The van der Waals surface area contributed by atoms with Crippen molar-refractivity contribution >= 4 is 45.9 Å².